The van der Waals surface area contributed by atoms with E-state index in [1.165, 1.54) is 11.4 Å². The Balaban J connectivity index is 1.98. The van der Waals surface area contributed by atoms with Crippen molar-refractivity contribution in [2.75, 3.05) is 5.32 Å². The molecule has 0 aliphatic heterocycles. The summed E-state index contributed by atoms with van der Waals surface area (Å²) in [6.07, 6.45) is 0.509. The second-order valence-electron chi connectivity index (χ2n) is 5.73. The van der Waals surface area contributed by atoms with Gasteiger partial charge in [0.1, 0.15) is 5.75 Å². The number of benzene rings is 1. The predicted molar refractivity (Wildman–Crippen MR) is 89.4 cm³/mol. The summed E-state index contributed by atoms with van der Waals surface area (Å²) in [4.78, 5) is 12.2. The molecular formula is C18H24N2O2. The third-order valence-electron chi connectivity index (χ3n) is 3.50. The number of rotatable bonds is 6. The first-order valence-corrected chi connectivity index (χ1v) is 7.65. The summed E-state index contributed by atoms with van der Waals surface area (Å²) in [6.45, 7) is 8.73. The van der Waals surface area contributed by atoms with Crippen molar-refractivity contribution in [3.63, 3.8) is 0 Å². The van der Waals surface area contributed by atoms with E-state index in [0.29, 0.717) is 18.7 Å². The Morgan fingerprint density at radius 2 is 1.77 bits per heavy atom. The van der Waals surface area contributed by atoms with E-state index in [1.54, 1.807) is 0 Å². The van der Waals surface area contributed by atoms with Crippen molar-refractivity contribution in [3.8, 4) is 5.75 Å². The van der Waals surface area contributed by atoms with E-state index >= 15 is 0 Å². The highest BCUT2D eigenvalue weighted by Crippen LogP contribution is 2.25. The van der Waals surface area contributed by atoms with Gasteiger partial charge in [-0.1, -0.05) is 12.1 Å². The van der Waals surface area contributed by atoms with Crippen molar-refractivity contribution < 1.29 is 9.53 Å². The van der Waals surface area contributed by atoms with Gasteiger partial charge in [-0.15, -0.1) is 0 Å². The molecule has 0 spiro atoms. The van der Waals surface area contributed by atoms with Crippen LogP contribution < -0.4 is 10.1 Å². The molecule has 22 heavy (non-hydrogen) atoms. The first kappa shape index (κ1) is 16.1. The topological polar surface area (TPSA) is 43.3 Å². The lowest BCUT2D eigenvalue weighted by Crippen LogP contribution is -2.17. The van der Waals surface area contributed by atoms with E-state index in [1.807, 2.05) is 38.1 Å². The molecule has 0 aliphatic rings. The minimum absolute atomic E-state index is 0.00712. The lowest BCUT2D eigenvalue weighted by Gasteiger charge is -2.15. The van der Waals surface area contributed by atoms with Crippen molar-refractivity contribution in [3.05, 3.63) is 47.8 Å². The molecule has 0 unspecified atom stereocenters. The number of anilines is 1. The maximum atomic E-state index is 12.2. The van der Waals surface area contributed by atoms with Crippen LogP contribution in [0.15, 0.2) is 36.4 Å². The zero-order chi connectivity index (χ0) is 16.1. The van der Waals surface area contributed by atoms with Crippen LogP contribution in [0, 0.1) is 13.8 Å². The predicted octanol–water partition coefficient (Wildman–Crippen LogP) is 3.92. The molecule has 1 aromatic carbocycles. The number of ether oxygens (including phenoxy) is 1. The maximum absolute atomic E-state index is 12.2. The Hall–Kier alpha value is -2.23. The first-order valence-electron chi connectivity index (χ1n) is 7.65. The van der Waals surface area contributed by atoms with E-state index in [4.69, 9.17) is 4.74 Å². The summed E-state index contributed by atoms with van der Waals surface area (Å²) in [5, 5.41) is 2.94. The molecule has 1 heterocycles. The smallest absolute Gasteiger partial charge is 0.226 e. The Bertz CT molecular complexity index is 625. The third kappa shape index (κ3) is 4.13. The highest BCUT2D eigenvalue weighted by molar-refractivity contribution is 5.92. The van der Waals surface area contributed by atoms with Crippen LogP contribution in [0.2, 0.25) is 0 Å². The molecule has 0 aliphatic carbocycles. The molecule has 0 atom stereocenters. The number of para-hydroxylation sites is 2. The van der Waals surface area contributed by atoms with Gasteiger partial charge in [0.25, 0.3) is 0 Å². The molecule has 1 N–H and O–H groups in total. The van der Waals surface area contributed by atoms with E-state index < -0.39 is 0 Å². The van der Waals surface area contributed by atoms with Gasteiger partial charge < -0.3 is 14.6 Å². The van der Waals surface area contributed by atoms with Gasteiger partial charge in [-0.05, 0) is 52.0 Å². The fourth-order valence-electron chi connectivity index (χ4n) is 2.40. The molecule has 0 radical (unpaired) electrons. The molecule has 118 valence electrons. The van der Waals surface area contributed by atoms with Gasteiger partial charge in [0.05, 0.1) is 11.8 Å². The first-order chi connectivity index (χ1) is 10.5. The maximum Gasteiger partial charge on any atom is 0.226 e. The number of carbonyl (C=O) groups is 1. The molecule has 1 amide bonds. The quantitative estimate of drug-likeness (QED) is 0.878. The van der Waals surface area contributed by atoms with Crippen LogP contribution in [0.3, 0.4) is 0 Å². The van der Waals surface area contributed by atoms with E-state index in [-0.39, 0.29) is 12.0 Å². The van der Waals surface area contributed by atoms with E-state index in [0.717, 1.165) is 5.69 Å². The normalized spacial score (nSPS) is 10.8. The lowest BCUT2D eigenvalue weighted by atomic mass is 10.2. The number of amides is 1. The summed E-state index contributed by atoms with van der Waals surface area (Å²) in [5.74, 6) is 0.700. The standard InChI is InChI=1S/C18H24N2O2/c1-13(2)22-17-8-6-5-7-16(17)19-18(21)11-12-20-14(3)9-10-15(20)4/h5-10,13H,11-12H2,1-4H3,(H,19,21). The second kappa shape index (κ2) is 7.16. The molecule has 2 rings (SSSR count). The summed E-state index contributed by atoms with van der Waals surface area (Å²) in [6, 6.07) is 11.7. The average molecular weight is 300 g/mol. The van der Waals surface area contributed by atoms with Gasteiger partial charge in [-0.2, -0.15) is 0 Å². The van der Waals surface area contributed by atoms with Crippen LogP contribution in [0.4, 0.5) is 5.69 Å². The molecule has 1 aromatic heterocycles. The SMILES string of the molecule is Cc1ccc(C)n1CCC(=O)Nc1ccccc1OC(C)C. The molecule has 4 nitrogen and oxygen atoms in total. The fraction of sp³-hybridized carbons (Fsp3) is 0.389. The fourth-order valence-corrected chi connectivity index (χ4v) is 2.40. The van der Waals surface area contributed by atoms with Crippen molar-refractivity contribution in [1.82, 2.24) is 4.57 Å². The molecule has 2 aromatic rings. The van der Waals surface area contributed by atoms with Crippen LogP contribution in [-0.4, -0.2) is 16.6 Å². The Kier molecular flexibility index (Phi) is 5.26. The van der Waals surface area contributed by atoms with Crippen LogP contribution in [0.5, 0.6) is 5.75 Å². The van der Waals surface area contributed by atoms with E-state index in [2.05, 4.69) is 35.9 Å². The molecular weight excluding hydrogens is 276 g/mol. The Morgan fingerprint density at radius 3 is 2.41 bits per heavy atom. The number of hydrogen-bond donors (Lipinski definition) is 1. The summed E-state index contributed by atoms with van der Waals surface area (Å²) < 4.78 is 7.86. The highest BCUT2D eigenvalue weighted by atomic mass is 16.5. The van der Waals surface area contributed by atoms with Crippen LogP contribution >= 0.6 is 0 Å². The van der Waals surface area contributed by atoms with Crippen molar-refractivity contribution in [2.24, 2.45) is 0 Å². The monoisotopic (exact) mass is 300 g/mol. The zero-order valence-corrected chi connectivity index (χ0v) is 13.7. The highest BCUT2D eigenvalue weighted by Gasteiger charge is 2.10. The summed E-state index contributed by atoms with van der Waals surface area (Å²) >= 11 is 0. The largest absolute Gasteiger partial charge is 0.489 e. The Morgan fingerprint density at radius 1 is 1.14 bits per heavy atom. The minimum Gasteiger partial charge on any atom is -0.489 e. The van der Waals surface area contributed by atoms with Crippen LogP contribution in [0.1, 0.15) is 31.7 Å². The number of nitrogens with one attached hydrogen (secondary N) is 1. The molecule has 0 saturated carbocycles. The number of aromatic nitrogens is 1. The summed E-state index contributed by atoms with van der Waals surface area (Å²) in [7, 11) is 0. The lowest BCUT2D eigenvalue weighted by molar-refractivity contribution is -0.116. The van der Waals surface area contributed by atoms with Gasteiger partial charge in [-0.3, -0.25) is 4.79 Å². The van der Waals surface area contributed by atoms with Gasteiger partial charge in [0.15, 0.2) is 0 Å². The van der Waals surface area contributed by atoms with Gasteiger partial charge in [-0.25, -0.2) is 0 Å². The van der Waals surface area contributed by atoms with Gasteiger partial charge >= 0.3 is 0 Å². The van der Waals surface area contributed by atoms with Crippen molar-refractivity contribution in [2.45, 2.75) is 46.8 Å². The number of nitrogens with zero attached hydrogens (tertiary/aromatic N) is 1. The Labute approximate surface area is 132 Å². The number of aryl methyl sites for hydroxylation is 2. The number of carbonyl (C=O) groups excluding carboxylic acids is 1. The zero-order valence-electron chi connectivity index (χ0n) is 13.7. The van der Waals surface area contributed by atoms with Gasteiger partial charge in [0.2, 0.25) is 5.91 Å². The number of hydrogen-bond acceptors (Lipinski definition) is 2. The van der Waals surface area contributed by atoms with Crippen LogP contribution in [-0.2, 0) is 11.3 Å². The van der Waals surface area contributed by atoms with Gasteiger partial charge in [0, 0.05) is 24.4 Å². The molecule has 0 fully saturated rings. The average Bonchev–Trinajstić information content (AvgIpc) is 2.77. The molecule has 0 bridgehead atoms. The molecule has 4 heteroatoms. The van der Waals surface area contributed by atoms with Crippen LogP contribution in [0.25, 0.3) is 0 Å². The molecule has 0 saturated heterocycles. The van der Waals surface area contributed by atoms with Crippen molar-refractivity contribution >= 4 is 11.6 Å². The minimum atomic E-state index is -0.00712. The van der Waals surface area contributed by atoms with Crippen molar-refractivity contribution in [1.29, 1.82) is 0 Å². The third-order valence-corrected chi connectivity index (χ3v) is 3.50. The van der Waals surface area contributed by atoms with E-state index in [9.17, 15) is 4.79 Å². The second-order valence-corrected chi connectivity index (χ2v) is 5.73. The summed E-state index contributed by atoms with van der Waals surface area (Å²) in [5.41, 5.74) is 3.07.